The maximum atomic E-state index is 12.9. The minimum Gasteiger partial charge on any atom is -0.385 e. The highest BCUT2D eigenvalue weighted by molar-refractivity contribution is 5.74. The number of benzene rings is 1. The quantitative estimate of drug-likeness (QED) is 0.840. The lowest BCUT2D eigenvalue weighted by Crippen LogP contribution is -2.51. The Kier molecular flexibility index (Phi) is 5.16. The molecule has 3 rings (SSSR count). The lowest BCUT2D eigenvalue weighted by atomic mass is 9.84. The summed E-state index contributed by atoms with van der Waals surface area (Å²) in [7, 11) is 2.00. The van der Waals surface area contributed by atoms with Crippen LogP contribution in [0.2, 0.25) is 0 Å². The van der Waals surface area contributed by atoms with E-state index >= 15 is 0 Å². The van der Waals surface area contributed by atoms with Gasteiger partial charge in [-0.15, -0.1) is 0 Å². The zero-order valence-corrected chi connectivity index (χ0v) is 14.7. The van der Waals surface area contributed by atoms with Gasteiger partial charge in [-0.25, -0.2) is 4.79 Å². The number of likely N-dealkylation sites (tertiary alicyclic amines) is 2. The molecule has 2 saturated heterocycles. The molecule has 2 aliphatic heterocycles. The van der Waals surface area contributed by atoms with Crippen LogP contribution in [-0.4, -0.2) is 60.2 Å². The minimum atomic E-state index is -4.44. The monoisotopic (exact) mass is 371 g/mol. The van der Waals surface area contributed by atoms with Crippen molar-refractivity contribution in [3.8, 4) is 0 Å². The number of nitrogens with one attached hydrogen (secondary N) is 1. The molecule has 2 aliphatic rings. The molecule has 144 valence electrons. The van der Waals surface area contributed by atoms with Crippen molar-refractivity contribution in [2.45, 2.75) is 37.1 Å². The van der Waals surface area contributed by atoms with E-state index in [2.05, 4.69) is 10.2 Å². The van der Waals surface area contributed by atoms with Crippen LogP contribution in [0.1, 0.15) is 30.4 Å². The number of nitrogens with zero attached hydrogens (tertiary/aromatic N) is 2. The molecule has 1 aromatic rings. The fourth-order valence-corrected chi connectivity index (χ4v) is 3.67. The van der Waals surface area contributed by atoms with Gasteiger partial charge in [0.15, 0.2) is 0 Å². The molecule has 1 atom stereocenters. The Bertz CT molecular complexity index is 657. The van der Waals surface area contributed by atoms with E-state index in [4.69, 9.17) is 0 Å². The lowest BCUT2D eigenvalue weighted by Gasteiger charge is -2.39. The second-order valence-corrected chi connectivity index (χ2v) is 7.29. The summed E-state index contributed by atoms with van der Waals surface area (Å²) in [6, 6.07) is 4.77. The Labute approximate surface area is 150 Å². The van der Waals surface area contributed by atoms with Crippen LogP contribution in [0.15, 0.2) is 24.3 Å². The summed E-state index contributed by atoms with van der Waals surface area (Å²) in [5.74, 6) is 0. The first kappa shape index (κ1) is 19.0. The number of alkyl halides is 3. The van der Waals surface area contributed by atoms with Crippen LogP contribution in [-0.2, 0) is 11.8 Å². The Morgan fingerprint density at radius 2 is 1.96 bits per heavy atom. The van der Waals surface area contributed by atoms with Gasteiger partial charge in [0.2, 0.25) is 0 Å². The first-order valence-corrected chi connectivity index (χ1v) is 8.81. The molecule has 0 aliphatic carbocycles. The molecule has 2 heterocycles. The number of aliphatic hydroxyl groups is 1. The maximum Gasteiger partial charge on any atom is 0.416 e. The van der Waals surface area contributed by atoms with Crippen LogP contribution in [0.25, 0.3) is 0 Å². The van der Waals surface area contributed by atoms with E-state index in [1.54, 1.807) is 4.90 Å². The predicted molar refractivity (Wildman–Crippen MR) is 90.6 cm³/mol. The van der Waals surface area contributed by atoms with E-state index in [0.717, 1.165) is 31.6 Å². The van der Waals surface area contributed by atoms with Crippen LogP contribution in [0.4, 0.5) is 18.0 Å². The van der Waals surface area contributed by atoms with E-state index < -0.39 is 17.3 Å². The number of hydrogen-bond donors (Lipinski definition) is 2. The number of carbonyl (C=O) groups excluding carboxylic acids is 1. The third-order valence-electron chi connectivity index (χ3n) is 5.32. The van der Waals surface area contributed by atoms with Gasteiger partial charge in [0.25, 0.3) is 0 Å². The van der Waals surface area contributed by atoms with E-state index in [-0.39, 0.29) is 30.5 Å². The first-order chi connectivity index (χ1) is 12.2. The van der Waals surface area contributed by atoms with Crippen molar-refractivity contribution >= 4 is 6.03 Å². The molecular weight excluding hydrogens is 347 g/mol. The number of amides is 2. The zero-order valence-electron chi connectivity index (χ0n) is 14.7. The fraction of sp³-hybridized carbons (Fsp3) is 0.611. The highest BCUT2D eigenvalue weighted by Crippen LogP contribution is 2.36. The molecule has 0 aromatic heterocycles. The Balaban J connectivity index is 1.61. The molecule has 26 heavy (non-hydrogen) atoms. The summed E-state index contributed by atoms with van der Waals surface area (Å²) in [5, 5.41) is 13.8. The van der Waals surface area contributed by atoms with Gasteiger partial charge in [0.1, 0.15) is 0 Å². The normalized spacial score (nSPS) is 23.9. The van der Waals surface area contributed by atoms with Crippen molar-refractivity contribution in [1.29, 1.82) is 0 Å². The Morgan fingerprint density at radius 3 is 2.54 bits per heavy atom. The van der Waals surface area contributed by atoms with E-state index in [9.17, 15) is 23.1 Å². The average molecular weight is 371 g/mol. The summed E-state index contributed by atoms with van der Waals surface area (Å²) in [5.41, 5.74) is -1.86. The van der Waals surface area contributed by atoms with E-state index in [1.165, 1.54) is 12.1 Å². The molecule has 2 fully saturated rings. The molecule has 0 bridgehead atoms. The minimum absolute atomic E-state index is 0.122. The zero-order chi connectivity index (χ0) is 18.9. The highest BCUT2D eigenvalue weighted by Gasteiger charge is 2.38. The number of halogens is 3. The highest BCUT2D eigenvalue weighted by atomic mass is 19.4. The van der Waals surface area contributed by atoms with Crippen molar-refractivity contribution in [2.75, 3.05) is 33.2 Å². The van der Waals surface area contributed by atoms with Crippen LogP contribution in [0.3, 0.4) is 0 Å². The number of urea groups is 1. The lowest BCUT2D eigenvalue weighted by molar-refractivity contribution is -0.137. The molecule has 0 radical (unpaired) electrons. The SMILES string of the molecule is CN1CCC(NC(=O)N2CCC(O)(c3cccc(C(F)(F)F)c3)CC2)C1. The topological polar surface area (TPSA) is 55.8 Å². The van der Waals surface area contributed by atoms with Crippen LogP contribution in [0.5, 0.6) is 0 Å². The van der Waals surface area contributed by atoms with Crippen molar-refractivity contribution in [3.63, 3.8) is 0 Å². The van der Waals surface area contributed by atoms with E-state index in [0.29, 0.717) is 13.1 Å². The average Bonchev–Trinajstić information content (AvgIpc) is 2.99. The molecule has 2 amide bonds. The molecule has 0 saturated carbocycles. The number of carbonyl (C=O) groups is 1. The molecule has 1 aromatic carbocycles. The summed E-state index contributed by atoms with van der Waals surface area (Å²) in [6.07, 6.45) is -3.11. The van der Waals surface area contributed by atoms with Gasteiger partial charge in [-0.05, 0) is 50.6 Å². The smallest absolute Gasteiger partial charge is 0.385 e. The summed E-state index contributed by atoms with van der Waals surface area (Å²) < 4.78 is 38.7. The molecular formula is C18H24F3N3O2. The third kappa shape index (κ3) is 4.12. The fourth-order valence-electron chi connectivity index (χ4n) is 3.67. The molecule has 5 nitrogen and oxygen atoms in total. The van der Waals surface area contributed by atoms with Gasteiger partial charge in [-0.2, -0.15) is 13.2 Å². The van der Waals surface area contributed by atoms with E-state index in [1.807, 2.05) is 7.05 Å². The van der Waals surface area contributed by atoms with Gasteiger partial charge < -0.3 is 20.2 Å². The molecule has 2 N–H and O–H groups in total. The van der Waals surface area contributed by atoms with Gasteiger partial charge in [-0.3, -0.25) is 0 Å². The third-order valence-corrected chi connectivity index (χ3v) is 5.32. The molecule has 0 spiro atoms. The largest absolute Gasteiger partial charge is 0.416 e. The Morgan fingerprint density at radius 1 is 1.27 bits per heavy atom. The second-order valence-electron chi connectivity index (χ2n) is 7.29. The van der Waals surface area contributed by atoms with Gasteiger partial charge >= 0.3 is 12.2 Å². The van der Waals surface area contributed by atoms with Crippen LogP contribution in [0, 0.1) is 0 Å². The number of likely N-dealkylation sites (N-methyl/N-ethyl adjacent to an activating group) is 1. The summed E-state index contributed by atoms with van der Waals surface area (Å²) in [4.78, 5) is 16.1. The number of rotatable bonds is 2. The van der Waals surface area contributed by atoms with Gasteiger partial charge in [-0.1, -0.05) is 12.1 Å². The standard InChI is InChI=1S/C18H24F3N3O2/c1-23-8-5-15(12-23)22-16(25)24-9-6-17(26,7-10-24)13-3-2-4-14(11-13)18(19,20)21/h2-4,11,15,26H,5-10,12H2,1H3,(H,22,25). The predicted octanol–water partition coefficient (Wildman–Crippen LogP) is 2.40. The van der Waals surface area contributed by atoms with Gasteiger partial charge in [0.05, 0.1) is 11.2 Å². The second kappa shape index (κ2) is 7.08. The molecule has 1 unspecified atom stereocenters. The molecule has 8 heteroatoms. The van der Waals surface area contributed by atoms with Crippen molar-refractivity contribution < 1.29 is 23.1 Å². The first-order valence-electron chi connectivity index (χ1n) is 8.81. The number of piperidine rings is 1. The van der Waals surface area contributed by atoms with Crippen molar-refractivity contribution in [2.24, 2.45) is 0 Å². The van der Waals surface area contributed by atoms with Gasteiger partial charge in [0, 0.05) is 25.7 Å². The maximum absolute atomic E-state index is 12.9. The Hall–Kier alpha value is -1.80. The van der Waals surface area contributed by atoms with Crippen LogP contribution < -0.4 is 5.32 Å². The van der Waals surface area contributed by atoms with Crippen molar-refractivity contribution in [1.82, 2.24) is 15.1 Å². The van der Waals surface area contributed by atoms with Crippen LogP contribution >= 0.6 is 0 Å². The summed E-state index contributed by atoms with van der Waals surface area (Å²) >= 11 is 0. The van der Waals surface area contributed by atoms with Crippen molar-refractivity contribution in [3.05, 3.63) is 35.4 Å². The summed E-state index contributed by atoms with van der Waals surface area (Å²) in [6.45, 7) is 2.37. The number of hydrogen-bond acceptors (Lipinski definition) is 3.